The van der Waals surface area contributed by atoms with Crippen molar-refractivity contribution >= 4 is 46.5 Å². The van der Waals surface area contributed by atoms with Gasteiger partial charge >= 0.3 is 23.9 Å². The molecule has 0 radical (unpaired) electrons. The summed E-state index contributed by atoms with van der Waals surface area (Å²) >= 11 is 0. The Morgan fingerprint density at radius 3 is 1.81 bits per heavy atom. The van der Waals surface area contributed by atoms with Crippen LogP contribution in [0.2, 0.25) is 0 Å². The number of carbonyl (C=O) groups excluding carboxylic acids is 6. The number of hydrogen-bond acceptors (Lipinski definition) is 12. The Hall–Kier alpha value is -3.07. The van der Waals surface area contributed by atoms with Gasteiger partial charge < -0.3 is 33.9 Å². The van der Waals surface area contributed by atoms with Gasteiger partial charge in [-0.05, 0) is 0 Å². The average Bonchev–Trinajstić information content (AvgIpc) is 3.09. The average molecular weight is 537 g/mol. The molecule has 1 rings (SSSR count). The van der Waals surface area contributed by atoms with Gasteiger partial charge in [-0.15, -0.1) is 0 Å². The number of likely N-dealkylation sites (N-methyl/N-ethyl adjacent to an activating group) is 1. The fraction of sp³-hybridized carbons (Fsp3) is 0.714. The monoisotopic (exact) mass is 536 g/mol. The van der Waals surface area contributed by atoms with Crippen molar-refractivity contribution in [2.75, 3.05) is 26.5 Å². The molecule has 1 N–H and O–H groups in total. The van der Waals surface area contributed by atoms with Gasteiger partial charge in [-0.2, -0.15) is 0 Å². The number of nitrogens with zero attached hydrogens (tertiary/aromatic N) is 2. The van der Waals surface area contributed by atoms with Crippen molar-refractivity contribution in [1.82, 2.24) is 9.80 Å². The summed E-state index contributed by atoms with van der Waals surface area (Å²) in [5, 5.41) is 9.74. The second-order valence-electron chi connectivity index (χ2n) is 8.20. The lowest BCUT2D eigenvalue weighted by Crippen LogP contribution is -2.59. The summed E-state index contributed by atoms with van der Waals surface area (Å²) in [5.74, 6) is -5.14. The van der Waals surface area contributed by atoms with Crippen LogP contribution in [0, 0.1) is 0 Å². The highest BCUT2D eigenvalue weighted by Gasteiger charge is 2.53. The smallest absolute Gasteiger partial charge is 0.303 e. The van der Waals surface area contributed by atoms with Crippen LogP contribution in [0.1, 0.15) is 34.6 Å². The molecule has 1 fully saturated rings. The van der Waals surface area contributed by atoms with E-state index in [2.05, 4.69) is 0 Å². The summed E-state index contributed by atoms with van der Waals surface area (Å²) in [6, 6.07) is -1.19. The van der Waals surface area contributed by atoms with Gasteiger partial charge in [0.25, 0.3) is 0 Å². The topological polar surface area (TPSA) is 183 Å². The molecule has 14 nitrogen and oxygen atoms in total. The lowest BCUT2D eigenvalue weighted by Gasteiger charge is -2.38. The highest BCUT2D eigenvalue weighted by atomic mass is 32.2. The van der Waals surface area contributed by atoms with Crippen LogP contribution in [-0.2, 0) is 58.5 Å². The van der Waals surface area contributed by atoms with E-state index in [-0.39, 0.29) is 5.75 Å². The zero-order valence-corrected chi connectivity index (χ0v) is 21.9. The van der Waals surface area contributed by atoms with E-state index in [0.717, 1.165) is 39.5 Å². The molecule has 1 saturated heterocycles. The number of hydrogen-bond donors (Lipinski definition) is 1. The molecule has 2 amide bonds. The first-order valence-electron chi connectivity index (χ1n) is 10.8. The minimum Gasteiger partial charge on any atom is -0.462 e. The maximum atomic E-state index is 13.0. The van der Waals surface area contributed by atoms with Gasteiger partial charge in [0.05, 0.1) is 5.75 Å². The largest absolute Gasteiger partial charge is 0.462 e. The van der Waals surface area contributed by atoms with Crippen LogP contribution in [0.3, 0.4) is 0 Å². The molecule has 36 heavy (non-hydrogen) atoms. The Morgan fingerprint density at radius 1 is 0.889 bits per heavy atom. The molecular weight excluding hydrogens is 504 g/mol. The third kappa shape index (κ3) is 8.26. The van der Waals surface area contributed by atoms with Crippen molar-refractivity contribution in [1.29, 1.82) is 0 Å². The van der Waals surface area contributed by atoms with Crippen molar-refractivity contribution < 1.29 is 57.0 Å². The zero-order valence-electron chi connectivity index (χ0n) is 21.1. The predicted molar refractivity (Wildman–Crippen MR) is 121 cm³/mol. The van der Waals surface area contributed by atoms with E-state index in [9.17, 15) is 38.1 Å². The summed E-state index contributed by atoms with van der Waals surface area (Å²) < 4.78 is 33.5. The highest BCUT2D eigenvalue weighted by Crippen LogP contribution is 2.29. The Labute approximate surface area is 210 Å². The summed E-state index contributed by atoms with van der Waals surface area (Å²) in [7, 11) is 0.844. The number of ether oxygens (including phenoxy) is 4. The Kier molecular flexibility index (Phi) is 11.4. The highest BCUT2D eigenvalue weighted by molar-refractivity contribution is 7.86. The van der Waals surface area contributed by atoms with E-state index in [1.54, 1.807) is 0 Å². The standard InChI is InChI=1S/C21H32N2O12S/c1-10(24)23-15(20(30)22(6)7)9-36(31)21(23)17(29)19(35-14(5)28)18(34-13(4)27)16(33-12(3)26)8-32-11(2)25/h15-19,21,29H,8-9H2,1-7H3/t15-,16+,17+,18-,19+,21+,36?/m0/s1. The van der Waals surface area contributed by atoms with Crippen LogP contribution in [-0.4, -0.2) is 117 Å². The maximum Gasteiger partial charge on any atom is 0.303 e. The Bertz CT molecular complexity index is 907. The van der Waals surface area contributed by atoms with Crippen LogP contribution < -0.4 is 0 Å². The number of aliphatic hydroxyl groups is 1. The Morgan fingerprint density at radius 2 is 1.39 bits per heavy atom. The second-order valence-corrected chi connectivity index (χ2v) is 9.78. The van der Waals surface area contributed by atoms with Crippen molar-refractivity contribution in [2.24, 2.45) is 0 Å². The van der Waals surface area contributed by atoms with Gasteiger partial charge in [0, 0.05) is 59.5 Å². The van der Waals surface area contributed by atoms with E-state index in [0.29, 0.717) is 0 Å². The quantitative estimate of drug-likeness (QED) is 0.242. The molecule has 204 valence electrons. The van der Waals surface area contributed by atoms with Gasteiger partial charge in [0.15, 0.2) is 18.3 Å². The molecular formula is C21H32N2O12S. The van der Waals surface area contributed by atoms with E-state index >= 15 is 0 Å². The van der Waals surface area contributed by atoms with Gasteiger partial charge in [-0.1, -0.05) is 0 Å². The Balaban J connectivity index is 3.58. The predicted octanol–water partition coefficient (Wildman–Crippen LogP) is -1.90. The number of aliphatic hydroxyl groups excluding tert-OH is 1. The number of amides is 2. The molecule has 1 heterocycles. The first kappa shape index (κ1) is 31.0. The van der Waals surface area contributed by atoms with Crippen LogP contribution in [0.4, 0.5) is 0 Å². The number of rotatable bonds is 10. The molecule has 0 aliphatic carbocycles. The molecule has 0 aromatic heterocycles. The minimum atomic E-state index is -2.03. The van der Waals surface area contributed by atoms with Crippen LogP contribution in [0.15, 0.2) is 0 Å². The number of carbonyl (C=O) groups is 6. The fourth-order valence-corrected chi connectivity index (χ4v) is 5.51. The van der Waals surface area contributed by atoms with Crippen LogP contribution >= 0.6 is 0 Å². The van der Waals surface area contributed by atoms with Crippen molar-refractivity contribution in [3.05, 3.63) is 0 Å². The molecule has 0 aromatic rings. The van der Waals surface area contributed by atoms with Gasteiger partial charge in [0.2, 0.25) is 11.8 Å². The third-order valence-corrected chi connectivity index (χ3v) is 6.67. The van der Waals surface area contributed by atoms with Crippen LogP contribution in [0.5, 0.6) is 0 Å². The summed E-state index contributed by atoms with van der Waals surface area (Å²) in [6.07, 6.45) is -7.15. The van der Waals surface area contributed by atoms with E-state index in [1.165, 1.54) is 19.0 Å². The third-order valence-electron chi connectivity index (χ3n) is 4.98. The summed E-state index contributed by atoms with van der Waals surface area (Å²) in [4.78, 5) is 74.1. The number of esters is 4. The van der Waals surface area contributed by atoms with Crippen molar-refractivity contribution in [3.8, 4) is 0 Å². The molecule has 7 atom stereocenters. The minimum absolute atomic E-state index is 0.315. The molecule has 1 unspecified atom stereocenters. The van der Waals surface area contributed by atoms with E-state index in [1.807, 2.05) is 0 Å². The van der Waals surface area contributed by atoms with E-state index in [4.69, 9.17) is 18.9 Å². The van der Waals surface area contributed by atoms with Gasteiger partial charge in [-0.3, -0.25) is 33.0 Å². The first-order valence-corrected chi connectivity index (χ1v) is 12.2. The first-order chi connectivity index (χ1) is 16.6. The zero-order chi connectivity index (χ0) is 27.9. The second kappa shape index (κ2) is 13.3. The van der Waals surface area contributed by atoms with Crippen LogP contribution in [0.25, 0.3) is 0 Å². The molecule has 0 saturated carbocycles. The lowest BCUT2D eigenvalue weighted by molar-refractivity contribution is -0.200. The van der Waals surface area contributed by atoms with Gasteiger partial charge in [0.1, 0.15) is 24.1 Å². The van der Waals surface area contributed by atoms with E-state index < -0.39 is 88.9 Å². The molecule has 0 spiro atoms. The molecule has 1 aliphatic rings. The molecule has 0 bridgehead atoms. The molecule has 1 aliphatic heterocycles. The lowest BCUT2D eigenvalue weighted by atomic mass is 10.0. The fourth-order valence-electron chi connectivity index (χ4n) is 3.69. The van der Waals surface area contributed by atoms with Crippen molar-refractivity contribution in [3.63, 3.8) is 0 Å². The molecule has 0 aromatic carbocycles. The SMILES string of the molecule is CC(=O)OC[C@@H](OC(C)=O)[C@H](OC(C)=O)[C@H](OC(C)=O)[C@@H](O)[C@@H]1N(C(C)=O)[C@H](C(=O)N(C)C)CS1=O. The van der Waals surface area contributed by atoms with Gasteiger partial charge in [-0.25, -0.2) is 0 Å². The van der Waals surface area contributed by atoms with Crippen molar-refractivity contribution in [2.45, 2.75) is 70.5 Å². The normalized spacial score (nSPS) is 22.4. The maximum absolute atomic E-state index is 13.0. The summed E-state index contributed by atoms with van der Waals surface area (Å²) in [5.41, 5.74) is 0. The molecule has 15 heteroatoms. The summed E-state index contributed by atoms with van der Waals surface area (Å²) in [6.45, 7) is 4.50.